The fraction of sp³-hybridized carbons (Fsp3) is 0.600. The average molecular weight is 314 g/mol. The van der Waals surface area contributed by atoms with Gasteiger partial charge in [-0.2, -0.15) is 0 Å². The minimum absolute atomic E-state index is 0.178. The molecule has 1 aliphatic carbocycles. The Balaban J connectivity index is 2.12. The Labute approximate surface area is 117 Å². The maximum Gasteiger partial charge on any atom is 0.124 e. The minimum Gasteiger partial charge on any atom is -0.327 e. The molecule has 1 aliphatic rings. The lowest BCUT2D eigenvalue weighted by atomic mass is 9.68. The van der Waals surface area contributed by atoms with Gasteiger partial charge >= 0.3 is 0 Å². The van der Waals surface area contributed by atoms with Gasteiger partial charge in [-0.25, -0.2) is 4.39 Å². The highest BCUT2D eigenvalue weighted by atomic mass is 79.9. The van der Waals surface area contributed by atoms with Crippen molar-refractivity contribution >= 4 is 15.9 Å². The van der Waals surface area contributed by atoms with E-state index in [1.54, 1.807) is 6.07 Å². The first-order valence-corrected chi connectivity index (χ1v) is 7.36. The molecule has 0 aliphatic heterocycles. The quantitative estimate of drug-likeness (QED) is 0.866. The largest absolute Gasteiger partial charge is 0.327 e. The second-order valence-electron chi connectivity index (χ2n) is 6.31. The fourth-order valence-corrected chi connectivity index (χ4v) is 3.52. The summed E-state index contributed by atoms with van der Waals surface area (Å²) >= 11 is 3.34. The topological polar surface area (TPSA) is 26.0 Å². The molecule has 0 saturated heterocycles. The maximum atomic E-state index is 13.4. The molecule has 2 atom stereocenters. The second-order valence-corrected chi connectivity index (χ2v) is 7.23. The summed E-state index contributed by atoms with van der Waals surface area (Å²) in [7, 11) is 0. The molecule has 100 valence electrons. The van der Waals surface area contributed by atoms with Crippen LogP contribution in [0.2, 0.25) is 0 Å². The number of benzene rings is 1. The molecule has 0 radical (unpaired) electrons. The number of hydrogen-bond acceptors (Lipinski definition) is 1. The van der Waals surface area contributed by atoms with Gasteiger partial charge < -0.3 is 5.73 Å². The van der Waals surface area contributed by atoms with E-state index in [0.717, 1.165) is 29.3 Å². The van der Waals surface area contributed by atoms with Gasteiger partial charge in [-0.15, -0.1) is 0 Å². The van der Waals surface area contributed by atoms with E-state index < -0.39 is 0 Å². The highest BCUT2D eigenvalue weighted by Crippen LogP contribution is 2.39. The van der Waals surface area contributed by atoms with Crippen molar-refractivity contribution in [3.63, 3.8) is 0 Å². The summed E-state index contributed by atoms with van der Waals surface area (Å²) in [4.78, 5) is 0. The molecule has 3 heteroatoms. The van der Waals surface area contributed by atoms with E-state index in [1.807, 2.05) is 6.07 Å². The molecule has 0 aromatic heterocycles. The Morgan fingerprint density at radius 2 is 2.11 bits per heavy atom. The normalized spacial score (nSPS) is 27.2. The van der Waals surface area contributed by atoms with Crippen molar-refractivity contribution in [2.24, 2.45) is 17.1 Å². The van der Waals surface area contributed by atoms with Crippen LogP contribution in [0.4, 0.5) is 4.39 Å². The maximum absolute atomic E-state index is 13.4. The van der Waals surface area contributed by atoms with Crippen LogP contribution in [0.15, 0.2) is 22.7 Å². The lowest BCUT2D eigenvalue weighted by Gasteiger charge is -2.39. The van der Waals surface area contributed by atoms with E-state index in [9.17, 15) is 4.39 Å². The van der Waals surface area contributed by atoms with Gasteiger partial charge in [0.2, 0.25) is 0 Å². The molecule has 0 spiro atoms. The molecule has 2 N–H and O–H groups in total. The summed E-state index contributed by atoms with van der Waals surface area (Å²) < 4.78 is 14.2. The van der Waals surface area contributed by atoms with Crippen LogP contribution < -0.4 is 5.73 Å². The van der Waals surface area contributed by atoms with Crippen molar-refractivity contribution in [1.29, 1.82) is 0 Å². The van der Waals surface area contributed by atoms with E-state index >= 15 is 0 Å². The third kappa shape index (κ3) is 3.55. The van der Waals surface area contributed by atoms with Gasteiger partial charge in [0.15, 0.2) is 0 Å². The van der Waals surface area contributed by atoms with Gasteiger partial charge in [0.05, 0.1) is 0 Å². The monoisotopic (exact) mass is 313 g/mol. The van der Waals surface area contributed by atoms with E-state index in [1.165, 1.54) is 12.5 Å². The SMILES string of the molecule is CC1(C)CCC(N)C(Cc2cc(F)cc(Br)c2)C1. The summed E-state index contributed by atoms with van der Waals surface area (Å²) in [6.07, 6.45) is 4.27. The number of nitrogens with two attached hydrogens (primary N) is 1. The van der Waals surface area contributed by atoms with Crippen molar-refractivity contribution in [1.82, 2.24) is 0 Å². The van der Waals surface area contributed by atoms with Crippen LogP contribution in [-0.2, 0) is 6.42 Å². The first kappa shape index (κ1) is 14.0. The van der Waals surface area contributed by atoms with Crippen molar-refractivity contribution in [3.8, 4) is 0 Å². The number of hydrogen-bond donors (Lipinski definition) is 1. The molecule has 0 bridgehead atoms. The molecule has 0 amide bonds. The Morgan fingerprint density at radius 3 is 2.78 bits per heavy atom. The van der Waals surface area contributed by atoms with Gasteiger partial charge in [-0.05, 0) is 60.8 Å². The standard InChI is InChI=1S/C15H21BrFN/c1-15(2)4-3-14(18)11(9-15)5-10-6-12(16)8-13(17)7-10/h6-8,11,14H,3-5,9,18H2,1-2H3. The van der Waals surface area contributed by atoms with Gasteiger partial charge in [0.1, 0.15) is 5.82 Å². The second kappa shape index (κ2) is 5.30. The van der Waals surface area contributed by atoms with E-state index in [0.29, 0.717) is 11.3 Å². The first-order chi connectivity index (χ1) is 8.35. The van der Waals surface area contributed by atoms with Crippen molar-refractivity contribution < 1.29 is 4.39 Å². The van der Waals surface area contributed by atoms with Crippen LogP contribution >= 0.6 is 15.9 Å². The van der Waals surface area contributed by atoms with Gasteiger partial charge in [0.25, 0.3) is 0 Å². The van der Waals surface area contributed by atoms with Gasteiger partial charge in [0, 0.05) is 10.5 Å². The van der Waals surface area contributed by atoms with Crippen LogP contribution in [0.3, 0.4) is 0 Å². The zero-order valence-corrected chi connectivity index (χ0v) is 12.6. The molecule has 2 unspecified atom stereocenters. The summed E-state index contributed by atoms with van der Waals surface area (Å²) in [5.41, 5.74) is 7.63. The molecule has 1 aromatic rings. The highest BCUT2D eigenvalue weighted by Gasteiger charge is 2.32. The third-order valence-corrected chi connectivity index (χ3v) is 4.45. The predicted octanol–water partition coefficient (Wildman–Crippen LogP) is 4.28. The summed E-state index contributed by atoms with van der Waals surface area (Å²) in [6, 6.07) is 5.37. The Morgan fingerprint density at radius 1 is 1.39 bits per heavy atom. The van der Waals surface area contributed by atoms with Gasteiger partial charge in [-0.1, -0.05) is 29.8 Å². The predicted molar refractivity (Wildman–Crippen MR) is 76.9 cm³/mol. The smallest absolute Gasteiger partial charge is 0.124 e. The molecule has 1 saturated carbocycles. The third-order valence-electron chi connectivity index (χ3n) is 3.99. The summed E-state index contributed by atoms with van der Waals surface area (Å²) in [5, 5.41) is 0. The van der Waals surface area contributed by atoms with E-state index in [4.69, 9.17) is 5.73 Å². The molecule has 18 heavy (non-hydrogen) atoms. The lowest BCUT2D eigenvalue weighted by molar-refractivity contribution is 0.157. The van der Waals surface area contributed by atoms with Crippen molar-refractivity contribution in [3.05, 3.63) is 34.1 Å². The highest BCUT2D eigenvalue weighted by molar-refractivity contribution is 9.10. The van der Waals surface area contributed by atoms with E-state index in [-0.39, 0.29) is 11.9 Å². The molecule has 1 fully saturated rings. The van der Waals surface area contributed by atoms with Gasteiger partial charge in [-0.3, -0.25) is 0 Å². The first-order valence-electron chi connectivity index (χ1n) is 6.56. The van der Waals surface area contributed by atoms with E-state index in [2.05, 4.69) is 29.8 Å². The summed E-state index contributed by atoms with van der Waals surface area (Å²) in [5.74, 6) is 0.283. The van der Waals surface area contributed by atoms with Crippen LogP contribution in [0.5, 0.6) is 0 Å². The Kier molecular flexibility index (Phi) is 4.12. The molecule has 2 rings (SSSR count). The van der Waals surface area contributed by atoms with Crippen molar-refractivity contribution in [2.75, 3.05) is 0 Å². The van der Waals surface area contributed by atoms with Crippen LogP contribution in [0.1, 0.15) is 38.7 Å². The molecular weight excluding hydrogens is 293 g/mol. The summed E-state index contributed by atoms with van der Waals surface area (Å²) in [6.45, 7) is 4.60. The molecule has 1 aromatic carbocycles. The van der Waals surface area contributed by atoms with Crippen LogP contribution in [0, 0.1) is 17.2 Å². The number of rotatable bonds is 2. The average Bonchev–Trinajstić information content (AvgIpc) is 2.22. The Hall–Kier alpha value is -0.410. The molecule has 0 heterocycles. The van der Waals surface area contributed by atoms with Crippen molar-refractivity contribution in [2.45, 2.75) is 45.6 Å². The zero-order chi connectivity index (χ0) is 13.3. The lowest BCUT2D eigenvalue weighted by Crippen LogP contribution is -2.40. The Bertz CT molecular complexity index is 410. The minimum atomic E-state index is -0.178. The zero-order valence-electron chi connectivity index (χ0n) is 11.0. The van der Waals surface area contributed by atoms with Crippen LogP contribution in [-0.4, -0.2) is 6.04 Å². The molecular formula is C15H21BrFN. The molecule has 1 nitrogen and oxygen atoms in total. The van der Waals surface area contributed by atoms with Crippen LogP contribution in [0.25, 0.3) is 0 Å². The fourth-order valence-electron chi connectivity index (χ4n) is 3.01. The number of halogens is 2.